The summed E-state index contributed by atoms with van der Waals surface area (Å²) < 4.78 is 0. The lowest BCUT2D eigenvalue weighted by molar-refractivity contribution is 0.589. The van der Waals surface area contributed by atoms with Crippen LogP contribution in [0.2, 0.25) is 0 Å². The van der Waals surface area contributed by atoms with Gasteiger partial charge in [-0.1, -0.05) is 63.6 Å². The van der Waals surface area contributed by atoms with Crippen molar-refractivity contribution in [1.29, 1.82) is 0 Å². The van der Waals surface area contributed by atoms with Gasteiger partial charge in [-0.15, -0.1) is 0 Å². The van der Waals surface area contributed by atoms with Crippen molar-refractivity contribution in [3.63, 3.8) is 0 Å². The number of hydrogen-bond acceptors (Lipinski definition) is 0. The summed E-state index contributed by atoms with van der Waals surface area (Å²) in [4.78, 5) is 0. The standard InChI is InChI=1S/C19H26/c1-13-7-9-17(14(2)11-13)18-10-8-16(12-15(18)3)19(4,5)6/h7-10,12-13H,11H2,1-6H3. The second-order valence-corrected chi connectivity index (χ2v) is 7.01. The van der Waals surface area contributed by atoms with Crippen LogP contribution in [0.4, 0.5) is 0 Å². The fourth-order valence-corrected chi connectivity index (χ4v) is 2.82. The van der Waals surface area contributed by atoms with Gasteiger partial charge in [-0.25, -0.2) is 0 Å². The maximum atomic E-state index is 2.35. The van der Waals surface area contributed by atoms with Crippen LogP contribution in [0, 0.1) is 12.8 Å². The molecule has 0 aliphatic heterocycles. The summed E-state index contributed by atoms with van der Waals surface area (Å²) in [6.07, 6.45) is 5.83. The number of allylic oxidation sites excluding steroid dienone is 4. The van der Waals surface area contributed by atoms with Crippen LogP contribution in [0.25, 0.3) is 5.57 Å². The summed E-state index contributed by atoms with van der Waals surface area (Å²) in [7, 11) is 0. The van der Waals surface area contributed by atoms with E-state index in [1.807, 2.05) is 0 Å². The van der Waals surface area contributed by atoms with Gasteiger partial charge in [-0.05, 0) is 53.9 Å². The molecule has 1 aromatic carbocycles. The normalized spacial score (nSPS) is 20.0. The van der Waals surface area contributed by atoms with Crippen molar-refractivity contribution in [2.45, 2.75) is 53.4 Å². The Balaban J connectivity index is 2.43. The Morgan fingerprint density at radius 3 is 2.32 bits per heavy atom. The molecule has 102 valence electrons. The molecular formula is C19H26. The maximum Gasteiger partial charge on any atom is -0.0132 e. The Morgan fingerprint density at radius 1 is 1.11 bits per heavy atom. The SMILES string of the molecule is CC1=C(c2ccc(C(C)(C)C)cc2C)C=CC(C)C1. The van der Waals surface area contributed by atoms with Gasteiger partial charge in [-0.2, -0.15) is 0 Å². The van der Waals surface area contributed by atoms with E-state index in [1.54, 1.807) is 0 Å². The van der Waals surface area contributed by atoms with Crippen LogP contribution in [-0.4, -0.2) is 0 Å². The lowest BCUT2D eigenvalue weighted by Gasteiger charge is -2.23. The van der Waals surface area contributed by atoms with Gasteiger partial charge in [0, 0.05) is 0 Å². The van der Waals surface area contributed by atoms with Gasteiger partial charge in [0.1, 0.15) is 0 Å². The first-order valence-electron chi connectivity index (χ1n) is 7.28. The summed E-state index contributed by atoms with van der Waals surface area (Å²) in [6.45, 7) is 13.6. The second-order valence-electron chi connectivity index (χ2n) is 7.01. The Hall–Kier alpha value is -1.30. The van der Waals surface area contributed by atoms with Crippen molar-refractivity contribution in [1.82, 2.24) is 0 Å². The summed E-state index contributed by atoms with van der Waals surface area (Å²) in [5.74, 6) is 0.679. The molecule has 0 aromatic heterocycles. The summed E-state index contributed by atoms with van der Waals surface area (Å²) >= 11 is 0. The van der Waals surface area contributed by atoms with Gasteiger partial charge in [0.05, 0.1) is 0 Å². The van der Waals surface area contributed by atoms with Crippen molar-refractivity contribution in [2.24, 2.45) is 5.92 Å². The first-order chi connectivity index (χ1) is 8.79. The predicted octanol–water partition coefficient (Wildman–Crippen LogP) is 5.66. The number of aryl methyl sites for hydroxylation is 1. The third kappa shape index (κ3) is 3.00. The van der Waals surface area contributed by atoms with E-state index in [1.165, 1.54) is 34.3 Å². The molecule has 0 radical (unpaired) electrons. The predicted molar refractivity (Wildman–Crippen MR) is 85.4 cm³/mol. The van der Waals surface area contributed by atoms with E-state index in [4.69, 9.17) is 0 Å². The van der Waals surface area contributed by atoms with Gasteiger partial charge in [-0.3, -0.25) is 0 Å². The summed E-state index contributed by atoms with van der Waals surface area (Å²) in [6, 6.07) is 6.94. The highest BCUT2D eigenvalue weighted by Crippen LogP contribution is 2.33. The van der Waals surface area contributed by atoms with Crippen LogP contribution in [0.1, 0.15) is 57.7 Å². The molecule has 2 rings (SSSR count). The van der Waals surface area contributed by atoms with Gasteiger partial charge in [0.15, 0.2) is 0 Å². The van der Waals surface area contributed by atoms with E-state index in [2.05, 4.69) is 71.9 Å². The summed E-state index contributed by atoms with van der Waals surface area (Å²) in [5, 5.41) is 0. The highest BCUT2D eigenvalue weighted by atomic mass is 14.2. The molecule has 0 saturated heterocycles. The van der Waals surface area contributed by atoms with Gasteiger partial charge in [0.25, 0.3) is 0 Å². The molecule has 0 saturated carbocycles. The van der Waals surface area contributed by atoms with Crippen LogP contribution in [0.3, 0.4) is 0 Å². The number of benzene rings is 1. The fraction of sp³-hybridized carbons (Fsp3) is 0.474. The molecule has 0 heteroatoms. The monoisotopic (exact) mass is 254 g/mol. The highest BCUT2D eigenvalue weighted by Gasteiger charge is 2.17. The van der Waals surface area contributed by atoms with Crippen LogP contribution in [0.15, 0.2) is 35.9 Å². The molecule has 0 bridgehead atoms. The first-order valence-corrected chi connectivity index (χ1v) is 7.28. The van der Waals surface area contributed by atoms with E-state index in [0.717, 1.165) is 0 Å². The quantitative estimate of drug-likeness (QED) is 0.606. The zero-order chi connectivity index (χ0) is 14.2. The highest BCUT2D eigenvalue weighted by molar-refractivity contribution is 5.79. The molecule has 1 unspecified atom stereocenters. The molecule has 0 nitrogen and oxygen atoms in total. The van der Waals surface area contributed by atoms with Gasteiger partial charge >= 0.3 is 0 Å². The van der Waals surface area contributed by atoms with Gasteiger partial charge < -0.3 is 0 Å². The molecule has 0 fully saturated rings. The molecule has 0 spiro atoms. The molecule has 0 amide bonds. The molecule has 1 aliphatic rings. The van der Waals surface area contributed by atoms with E-state index in [9.17, 15) is 0 Å². The average Bonchev–Trinajstić information content (AvgIpc) is 2.28. The fourth-order valence-electron chi connectivity index (χ4n) is 2.82. The Bertz CT molecular complexity index is 536. The third-order valence-electron chi connectivity index (χ3n) is 4.06. The molecule has 0 N–H and O–H groups in total. The lowest BCUT2D eigenvalue weighted by Crippen LogP contribution is -2.11. The Labute approximate surface area is 118 Å². The Morgan fingerprint density at radius 2 is 1.79 bits per heavy atom. The summed E-state index contributed by atoms with van der Waals surface area (Å²) in [5.41, 5.74) is 7.37. The smallest absolute Gasteiger partial charge is 0.0132 e. The first kappa shape index (κ1) is 14.1. The minimum atomic E-state index is 0.226. The molecule has 0 heterocycles. The number of hydrogen-bond donors (Lipinski definition) is 0. The third-order valence-corrected chi connectivity index (χ3v) is 4.06. The zero-order valence-electron chi connectivity index (χ0n) is 13.2. The van der Waals surface area contributed by atoms with Crippen LogP contribution >= 0.6 is 0 Å². The zero-order valence-corrected chi connectivity index (χ0v) is 13.2. The largest absolute Gasteiger partial charge is 0.0808 e. The van der Waals surface area contributed by atoms with Crippen molar-refractivity contribution in [3.05, 3.63) is 52.6 Å². The molecule has 1 atom stereocenters. The number of rotatable bonds is 1. The van der Waals surface area contributed by atoms with Crippen LogP contribution < -0.4 is 0 Å². The van der Waals surface area contributed by atoms with Crippen LogP contribution in [-0.2, 0) is 5.41 Å². The molecule has 1 aliphatic carbocycles. The minimum absolute atomic E-state index is 0.226. The van der Waals surface area contributed by atoms with Crippen molar-refractivity contribution < 1.29 is 0 Å². The van der Waals surface area contributed by atoms with Crippen LogP contribution in [0.5, 0.6) is 0 Å². The molecule has 19 heavy (non-hydrogen) atoms. The Kier molecular flexibility index (Phi) is 3.71. The van der Waals surface area contributed by atoms with Crippen molar-refractivity contribution in [2.75, 3.05) is 0 Å². The van der Waals surface area contributed by atoms with E-state index < -0.39 is 0 Å². The molecular weight excluding hydrogens is 228 g/mol. The van der Waals surface area contributed by atoms with E-state index >= 15 is 0 Å². The van der Waals surface area contributed by atoms with Crippen molar-refractivity contribution in [3.8, 4) is 0 Å². The van der Waals surface area contributed by atoms with Crippen molar-refractivity contribution >= 4 is 5.57 Å². The second kappa shape index (κ2) is 5.00. The maximum absolute atomic E-state index is 2.35. The average molecular weight is 254 g/mol. The minimum Gasteiger partial charge on any atom is -0.0808 e. The lowest BCUT2D eigenvalue weighted by atomic mass is 9.82. The van der Waals surface area contributed by atoms with E-state index in [0.29, 0.717) is 5.92 Å². The topological polar surface area (TPSA) is 0 Å². The van der Waals surface area contributed by atoms with Gasteiger partial charge in [0.2, 0.25) is 0 Å². The molecule has 1 aromatic rings. The van der Waals surface area contributed by atoms with E-state index in [-0.39, 0.29) is 5.41 Å².